The van der Waals surface area contributed by atoms with Gasteiger partial charge in [-0.3, -0.25) is 14.2 Å². The summed E-state index contributed by atoms with van der Waals surface area (Å²) in [5, 5.41) is 3.04. The molecule has 3 unspecified atom stereocenters. The van der Waals surface area contributed by atoms with Crippen molar-refractivity contribution in [3.05, 3.63) is 12.2 Å². The van der Waals surface area contributed by atoms with E-state index in [4.69, 9.17) is 13.8 Å². The summed E-state index contributed by atoms with van der Waals surface area (Å²) in [5.41, 5.74) is 0. The van der Waals surface area contributed by atoms with Crippen molar-refractivity contribution in [2.75, 3.05) is 40.9 Å². The third kappa shape index (κ3) is 55.3. The van der Waals surface area contributed by atoms with Gasteiger partial charge in [0.25, 0.3) is 7.82 Å². The molecule has 0 saturated heterocycles. The first-order valence-electron chi connectivity index (χ1n) is 32.0. The molecule has 0 aliphatic heterocycles. The number of nitrogens with zero attached hydrogens (tertiary/aromatic N) is 1. The number of esters is 1. The van der Waals surface area contributed by atoms with Gasteiger partial charge in [0.15, 0.2) is 0 Å². The van der Waals surface area contributed by atoms with Crippen molar-refractivity contribution in [2.45, 2.75) is 341 Å². The second-order valence-corrected chi connectivity index (χ2v) is 24.7. The maximum absolute atomic E-state index is 13.5. The summed E-state index contributed by atoms with van der Waals surface area (Å²) in [7, 11) is 1.21. The Kier molecular flexibility index (Phi) is 53.2. The number of phosphoric ester groups is 1. The molecule has 0 spiro atoms. The van der Waals surface area contributed by atoms with Crippen LogP contribution >= 0.6 is 7.82 Å². The van der Waals surface area contributed by atoms with Crippen LogP contribution in [0.25, 0.3) is 0 Å². The zero-order chi connectivity index (χ0) is 53.6. The molecule has 1 amide bonds. The van der Waals surface area contributed by atoms with Gasteiger partial charge >= 0.3 is 5.97 Å². The number of amides is 1. The number of phosphoric acid groups is 1. The van der Waals surface area contributed by atoms with Gasteiger partial charge in [-0.05, 0) is 31.8 Å². The molecule has 0 aromatic carbocycles. The minimum Gasteiger partial charge on any atom is -0.756 e. The van der Waals surface area contributed by atoms with Crippen molar-refractivity contribution < 1.29 is 37.3 Å². The first-order valence-corrected chi connectivity index (χ1v) is 33.5. The van der Waals surface area contributed by atoms with E-state index in [1.807, 2.05) is 33.3 Å². The maximum Gasteiger partial charge on any atom is 0.306 e. The van der Waals surface area contributed by atoms with E-state index in [1.54, 1.807) is 0 Å². The summed E-state index contributed by atoms with van der Waals surface area (Å²) in [5.74, 6) is -0.518. The summed E-state index contributed by atoms with van der Waals surface area (Å²) in [6.07, 6.45) is 61.7. The van der Waals surface area contributed by atoms with Crippen LogP contribution in [0.3, 0.4) is 0 Å². The van der Waals surface area contributed by atoms with Crippen molar-refractivity contribution >= 4 is 19.7 Å². The average molecular weight is 1050 g/mol. The molecule has 0 aliphatic carbocycles. The van der Waals surface area contributed by atoms with Crippen LogP contribution in [0.1, 0.15) is 329 Å². The van der Waals surface area contributed by atoms with Crippen LogP contribution in [-0.2, 0) is 27.9 Å². The first kappa shape index (κ1) is 71.8. The second-order valence-electron chi connectivity index (χ2n) is 23.3. The van der Waals surface area contributed by atoms with Gasteiger partial charge < -0.3 is 28.5 Å². The molecular formula is C63H125N2O7P. The summed E-state index contributed by atoms with van der Waals surface area (Å²) in [6, 6.07) is -0.879. The number of allylic oxidation sites excluding steroid dienone is 1. The van der Waals surface area contributed by atoms with Crippen LogP contribution < -0.4 is 10.2 Å². The Labute approximate surface area is 454 Å². The van der Waals surface area contributed by atoms with Crippen molar-refractivity contribution in [3.63, 3.8) is 0 Å². The zero-order valence-corrected chi connectivity index (χ0v) is 50.5. The standard InChI is InChI=1S/C63H125N2O7P/c1-7-10-13-16-19-22-25-28-30-32-33-34-36-38-41-44-47-50-53-56-63(67)72-61(54-51-48-45-42-39-27-24-21-18-15-12-9-3)60(59-71-73(68,69)70-58-57-65(4,5)6)64-62(66)55-52-49-46-43-40-37-35-31-29-26-23-20-17-14-11-8-2/h51,54,60-61H,7-50,52-53,55-59H2,1-6H3,(H-,64,66,68,69)/b54-51+. The van der Waals surface area contributed by atoms with Crippen molar-refractivity contribution in [1.82, 2.24) is 5.32 Å². The Balaban J connectivity index is 5.18. The molecule has 0 heterocycles. The highest BCUT2D eigenvalue weighted by molar-refractivity contribution is 7.45. The minimum absolute atomic E-state index is 0.0167. The fourth-order valence-corrected chi connectivity index (χ4v) is 10.5. The molecule has 10 heteroatoms. The van der Waals surface area contributed by atoms with Gasteiger partial charge in [-0.15, -0.1) is 0 Å². The molecule has 0 aromatic rings. The molecule has 0 rings (SSSR count). The van der Waals surface area contributed by atoms with Gasteiger partial charge in [-0.25, -0.2) is 0 Å². The highest BCUT2D eigenvalue weighted by Gasteiger charge is 2.27. The number of carbonyl (C=O) groups excluding carboxylic acids is 2. The van der Waals surface area contributed by atoms with Crippen LogP contribution in [0.15, 0.2) is 12.2 Å². The molecule has 434 valence electrons. The van der Waals surface area contributed by atoms with Crippen LogP contribution in [0, 0.1) is 0 Å². The van der Waals surface area contributed by atoms with E-state index < -0.39 is 20.0 Å². The second kappa shape index (κ2) is 54.1. The SMILES string of the molecule is CCCCCCCCCCCC/C=C/C(OC(=O)CCCCCCCCCCCCCCCCCCCCC)C(COP(=O)([O-])OCC[N+](C)(C)C)NC(=O)CCCCCCCCCCCCCCCCCC. The molecule has 0 bridgehead atoms. The van der Waals surface area contributed by atoms with E-state index in [-0.39, 0.29) is 31.5 Å². The first-order chi connectivity index (χ1) is 35.4. The van der Waals surface area contributed by atoms with E-state index in [0.717, 1.165) is 57.8 Å². The predicted molar refractivity (Wildman–Crippen MR) is 312 cm³/mol. The maximum atomic E-state index is 13.5. The lowest BCUT2D eigenvalue weighted by atomic mass is 10.0. The molecule has 0 aromatic heterocycles. The Morgan fingerprint density at radius 3 is 1.12 bits per heavy atom. The molecular weight excluding hydrogens is 928 g/mol. The number of hydrogen-bond donors (Lipinski definition) is 1. The summed E-state index contributed by atoms with van der Waals surface area (Å²) in [6.45, 7) is 6.90. The zero-order valence-electron chi connectivity index (χ0n) is 49.6. The van der Waals surface area contributed by atoms with Crippen LogP contribution in [0.4, 0.5) is 0 Å². The third-order valence-corrected chi connectivity index (χ3v) is 15.7. The van der Waals surface area contributed by atoms with Crippen LogP contribution in [-0.4, -0.2) is 69.4 Å². The summed E-state index contributed by atoms with van der Waals surface area (Å²) >= 11 is 0. The van der Waals surface area contributed by atoms with E-state index in [9.17, 15) is 19.0 Å². The monoisotopic (exact) mass is 1050 g/mol. The van der Waals surface area contributed by atoms with Gasteiger partial charge in [0, 0.05) is 12.8 Å². The van der Waals surface area contributed by atoms with Crippen molar-refractivity contribution in [3.8, 4) is 0 Å². The number of quaternary nitrogens is 1. The number of rotatable bonds is 59. The smallest absolute Gasteiger partial charge is 0.306 e. The number of ether oxygens (including phenoxy) is 1. The average Bonchev–Trinajstić information content (AvgIpc) is 3.35. The van der Waals surface area contributed by atoms with Crippen LogP contribution in [0.5, 0.6) is 0 Å². The van der Waals surface area contributed by atoms with E-state index in [1.165, 1.54) is 238 Å². The van der Waals surface area contributed by atoms with Gasteiger partial charge in [-0.2, -0.15) is 0 Å². The molecule has 1 N–H and O–H groups in total. The number of likely N-dealkylation sites (N-methyl/N-ethyl adjacent to an activating group) is 1. The van der Waals surface area contributed by atoms with Gasteiger partial charge in [-0.1, -0.05) is 297 Å². The highest BCUT2D eigenvalue weighted by atomic mass is 31.2. The Hall–Kier alpha value is -1.25. The van der Waals surface area contributed by atoms with E-state index in [2.05, 4.69) is 26.1 Å². The lowest BCUT2D eigenvalue weighted by Gasteiger charge is -2.30. The molecule has 0 fully saturated rings. The predicted octanol–water partition coefficient (Wildman–Crippen LogP) is 18.9. The fourth-order valence-electron chi connectivity index (χ4n) is 9.76. The quantitative estimate of drug-likeness (QED) is 0.0212. The lowest BCUT2D eigenvalue weighted by molar-refractivity contribution is -0.870. The molecule has 0 radical (unpaired) electrons. The molecule has 73 heavy (non-hydrogen) atoms. The molecule has 3 atom stereocenters. The molecule has 0 saturated carbocycles. The minimum atomic E-state index is -4.69. The number of unbranched alkanes of at least 4 members (excludes halogenated alkanes) is 43. The normalized spacial score (nSPS) is 13.7. The number of nitrogens with one attached hydrogen (secondary N) is 1. The van der Waals surface area contributed by atoms with Crippen molar-refractivity contribution in [2.24, 2.45) is 0 Å². The number of carbonyl (C=O) groups is 2. The van der Waals surface area contributed by atoms with E-state index >= 15 is 0 Å². The largest absolute Gasteiger partial charge is 0.756 e. The van der Waals surface area contributed by atoms with Crippen molar-refractivity contribution in [1.29, 1.82) is 0 Å². The Morgan fingerprint density at radius 1 is 0.466 bits per heavy atom. The van der Waals surface area contributed by atoms with Crippen LogP contribution in [0.2, 0.25) is 0 Å². The number of hydrogen-bond acceptors (Lipinski definition) is 7. The summed E-state index contributed by atoms with van der Waals surface area (Å²) in [4.78, 5) is 40.0. The highest BCUT2D eigenvalue weighted by Crippen LogP contribution is 2.38. The summed E-state index contributed by atoms with van der Waals surface area (Å²) < 4.78 is 30.3. The van der Waals surface area contributed by atoms with Gasteiger partial charge in [0.05, 0.1) is 33.8 Å². The van der Waals surface area contributed by atoms with E-state index in [0.29, 0.717) is 17.4 Å². The fraction of sp³-hybridized carbons (Fsp3) is 0.937. The van der Waals surface area contributed by atoms with Gasteiger partial charge in [0.2, 0.25) is 5.91 Å². The third-order valence-electron chi connectivity index (χ3n) is 14.7. The topological polar surface area (TPSA) is 114 Å². The van der Waals surface area contributed by atoms with Gasteiger partial charge in [0.1, 0.15) is 19.3 Å². The molecule has 0 aliphatic rings. The Bertz CT molecular complexity index is 1260. The Morgan fingerprint density at radius 2 is 0.781 bits per heavy atom. The molecule has 9 nitrogen and oxygen atoms in total. The lowest BCUT2D eigenvalue weighted by Crippen LogP contribution is -2.47.